The average Bonchev–Trinajstić information content (AvgIpc) is 2.79. The molecule has 1 aliphatic heterocycles. The van der Waals surface area contributed by atoms with Crippen molar-refractivity contribution in [3.8, 4) is 6.07 Å². The number of aromatic nitrogens is 2. The van der Waals surface area contributed by atoms with Gasteiger partial charge in [0.05, 0.1) is 11.6 Å². The number of nitriles is 1. The predicted molar refractivity (Wildman–Crippen MR) is 61.0 cm³/mol. The van der Waals surface area contributed by atoms with Crippen molar-refractivity contribution in [2.75, 3.05) is 0 Å². The number of allylic oxidation sites excluding steroid dienone is 1. The topological polar surface area (TPSA) is 102 Å². The minimum atomic E-state index is -1.49. The summed E-state index contributed by atoms with van der Waals surface area (Å²) in [5.41, 5.74) is 0.786. The van der Waals surface area contributed by atoms with Crippen LogP contribution in [0.15, 0.2) is 28.9 Å². The third-order valence-electron chi connectivity index (χ3n) is 2.32. The van der Waals surface area contributed by atoms with Crippen LogP contribution in [0, 0.1) is 11.3 Å². The molecule has 7 heteroatoms. The molecule has 0 saturated carbocycles. The zero-order valence-electron chi connectivity index (χ0n) is 8.85. The Kier molecular flexibility index (Phi) is 3.28. The maximum Gasteiger partial charge on any atom is 0.489 e. The number of nitrogens with zero attached hydrogens (tertiary/aromatic N) is 4. The van der Waals surface area contributed by atoms with Crippen LogP contribution in [0.5, 0.6) is 0 Å². The molecule has 0 saturated heterocycles. The van der Waals surface area contributed by atoms with Gasteiger partial charge in [-0.25, -0.2) is 9.97 Å². The third kappa shape index (κ3) is 2.75. The fourth-order valence-electron chi connectivity index (χ4n) is 1.46. The summed E-state index contributed by atoms with van der Waals surface area (Å²) in [5, 5.41) is 26.5. The van der Waals surface area contributed by atoms with Crippen LogP contribution in [0.1, 0.15) is 11.4 Å². The minimum Gasteiger partial charge on any atom is -0.423 e. The van der Waals surface area contributed by atoms with E-state index in [1.54, 1.807) is 6.08 Å². The molecule has 0 amide bonds. The molecule has 0 spiro atoms. The fourth-order valence-corrected chi connectivity index (χ4v) is 1.46. The Morgan fingerprint density at radius 3 is 2.59 bits per heavy atom. The van der Waals surface area contributed by atoms with Crippen LogP contribution in [0.4, 0.5) is 0 Å². The Hall–Kier alpha value is -2.04. The van der Waals surface area contributed by atoms with Crippen molar-refractivity contribution in [1.82, 2.24) is 9.97 Å². The van der Waals surface area contributed by atoms with E-state index < -0.39 is 7.12 Å². The molecule has 2 N–H and O–H groups in total. The van der Waals surface area contributed by atoms with Crippen LogP contribution in [-0.2, 0) is 6.42 Å². The molecule has 1 aromatic rings. The molecule has 2 rings (SSSR count). The highest BCUT2D eigenvalue weighted by molar-refractivity contribution is 6.57. The van der Waals surface area contributed by atoms with Crippen molar-refractivity contribution in [3.05, 3.63) is 35.3 Å². The Morgan fingerprint density at radius 1 is 1.35 bits per heavy atom. The van der Waals surface area contributed by atoms with Gasteiger partial charge in [0.15, 0.2) is 0 Å². The molecule has 17 heavy (non-hydrogen) atoms. The van der Waals surface area contributed by atoms with Crippen LogP contribution < -0.4 is 0 Å². The Balaban J connectivity index is 2.03. The van der Waals surface area contributed by atoms with E-state index in [4.69, 9.17) is 15.3 Å². The molecule has 2 heterocycles. The maximum absolute atomic E-state index is 8.93. The monoisotopic (exact) mass is 228 g/mol. The Morgan fingerprint density at radius 2 is 2.06 bits per heavy atom. The number of hydrogen-bond acceptors (Lipinski definition) is 6. The fraction of sp³-hybridized carbons (Fsp3) is 0.200. The highest BCUT2D eigenvalue weighted by atomic mass is 16.4. The normalized spacial score (nSPS) is 17.7. The minimum absolute atomic E-state index is 0.181. The highest BCUT2D eigenvalue weighted by Crippen LogP contribution is 2.11. The zero-order chi connectivity index (χ0) is 12.3. The largest absolute Gasteiger partial charge is 0.489 e. The molecule has 6 nitrogen and oxygen atoms in total. The first-order valence-electron chi connectivity index (χ1n) is 5.01. The molecule has 1 unspecified atom stereocenters. The van der Waals surface area contributed by atoms with E-state index in [0.717, 1.165) is 0 Å². The van der Waals surface area contributed by atoms with Gasteiger partial charge in [-0.3, -0.25) is 4.99 Å². The summed E-state index contributed by atoms with van der Waals surface area (Å²) in [6.45, 7) is 0. The zero-order valence-corrected chi connectivity index (χ0v) is 8.85. The molecule has 0 aromatic carbocycles. The van der Waals surface area contributed by atoms with E-state index in [2.05, 4.69) is 15.0 Å². The number of aliphatic imine (C=N–C) groups is 1. The van der Waals surface area contributed by atoms with Gasteiger partial charge in [-0.2, -0.15) is 5.26 Å². The van der Waals surface area contributed by atoms with E-state index in [0.29, 0.717) is 23.3 Å². The summed E-state index contributed by atoms with van der Waals surface area (Å²) >= 11 is 0. The van der Waals surface area contributed by atoms with E-state index in [9.17, 15) is 0 Å². The first-order valence-corrected chi connectivity index (χ1v) is 5.01. The van der Waals surface area contributed by atoms with Crippen molar-refractivity contribution in [2.45, 2.75) is 12.5 Å². The predicted octanol–water partition coefficient (Wildman–Crippen LogP) is -0.718. The van der Waals surface area contributed by atoms with Crippen molar-refractivity contribution < 1.29 is 10.0 Å². The number of hydrogen-bond donors (Lipinski definition) is 2. The van der Waals surface area contributed by atoms with Gasteiger partial charge in [0.2, 0.25) is 0 Å². The van der Waals surface area contributed by atoms with E-state index in [1.807, 2.05) is 6.07 Å². The van der Waals surface area contributed by atoms with Gasteiger partial charge in [0.1, 0.15) is 11.9 Å². The van der Waals surface area contributed by atoms with Gasteiger partial charge in [0, 0.05) is 25.0 Å². The van der Waals surface area contributed by atoms with Crippen LogP contribution in [0.25, 0.3) is 0 Å². The SMILES string of the molecule is N#Cc1cnc(CC2C=C(B(O)O)C=N2)nc1. The molecule has 0 radical (unpaired) electrons. The van der Waals surface area contributed by atoms with Crippen LogP contribution in [-0.4, -0.2) is 39.4 Å². The van der Waals surface area contributed by atoms with E-state index in [-0.39, 0.29) is 6.04 Å². The highest BCUT2D eigenvalue weighted by Gasteiger charge is 2.20. The van der Waals surface area contributed by atoms with Crippen LogP contribution >= 0.6 is 0 Å². The third-order valence-corrected chi connectivity index (χ3v) is 2.32. The van der Waals surface area contributed by atoms with Gasteiger partial charge in [-0.15, -0.1) is 0 Å². The van der Waals surface area contributed by atoms with Crippen molar-refractivity contribution in [3.63, 3.8) is 0 Å². The van der Waals surface area contributed by atoms with Crippen molar-refractivity contribution in [1.29, 1.82) is 5.26 Å². The van der Waals surface area contributed by atoms with Crippen molar-refractivity contribution >= 4 is 13.3 Å². The van der Waals surface area contributed by atoms with Gasteiger partial charge in [-0.1, -0.05) is 6.08 Å². The molecule has 84 valence electrons. The second kappa shape index (κ2) is 4.87. The summed E-state index contributed by atoms with van der Waals surface area (Å²) in [6, 6.07) is 1.76. The Labute approximate surface area is 98.1 Å². The van der Waals surface area contributed by atoms with E-state index in [1.165, 1.54) is 18.6 Å². The van der Waals surface area contributed by atoms with Crippen LogP contribution in [0.2, 0.25) is 0 Å². The molecule has 0 aliphatic carbocycles. The lowest BCUT2D eigenvalue weighted by atomic mass is 9.80. The summed E-state index contributed by atoms with van der Waals surface area (Å²) in [4.78, 5) is 12.1. The van der Waals surface area contributed by atoms with Crippen LogP contribution in [0.3, 0.4) is 0 Å². The lowest BCUT2D eigenvalue weighted by Crippen LogP contribution is -2.15. The molecular formula is C10H9BN4O2. The second-order valence-corrected chi connectivity index (χ2v) is 3.59. The molecular weight excluding hydrogens is 219 g/mol. The molecule has 0 fully saturated rings. The summed E-state index contributed by atoms with van der Waals surface area (Å²) in [6.07, 6.45) is 6.46. The summed E-state index contributed by atoms with van der Waals surface area (Å²) < 4.78 is 0. The van der Waals surface area contributed by atoms with Crippen molar-refractivity contribution in [2.24, 2.45) is 4.99 Å². The number of rotatable bonds is 3. The smallest absolute Gasteiger partial charge is 0.423 e. The molecule has 1 aliphatic rings. The summed E-state index contributed by atoms with van der Waals surface area (Å²) in [7, 11) is -1.49. The Bertz CT molecular complexity index is 504. The maximum atomic E-state index is 8.93. The average molecular weight is 228 g/mol. The lowest BCUT2D eigenvalue weighted by Gasteiger charge is -2.02. The standard InChI is InChI=1S/C10H9BN4O2/c12-3-7-4-14-10(15-5-7)2-9-1-8(6-13-9)11(16)17/h1,4-6,9,16-17H,2H2. The quantitative estimate of drug-likeness (QED) is 0.664. The van der Waals surface area contributed by atoms with Gasteiger partial charge >= 0.3 is 7.12 Å². The van der Waals surface area contributed by atoms with Gasteiger partial charge < -0.3 is 10.0 Å². The first kappa shape index (κ1) is 11.5. The van der Waals surface area contributed by atoms with Gasteiger partial charge in [0.25, 0.3) is 0 Å². The molecule has 1 atom stereocenters. The molecule has 0 bridgehead atoms. The van der Waals surface area contributed by atoms with Gasteiger partial charge in [-0.05, 0) is 5.47 Å². The van der Waals surface area contributed by atoms with E-state index >= 15 is 0 Å². The molecule has 1 aromatic heterocycles. The summed E-state index contributed by atoms with van der Waals surface area (Å²) in [5.74, 6) is 0.566. The second-order valence-electron chi connectivity index (χ2n) is 3.59. The first-order chi connectivity index (χ1) is 8.19. The lowest BCUT2D eigenvalue weighted by molar-refractivity contribution is 0.422.